The number of aromatic nitrogens is 1. The number of aryl methyl sites for hydroxylation is 1. The molecule has 7 nitrogen and oxygen atoms in total. The van der Waals surface area contributed by atoms with Crippen molar-refractivity contribution >= 4 is 16.8 Å². The molecule has 0 spiro atoms. The summed E-state index contributed by atoms with van der Waals surface area (Å²) in [4.78, 5) is 21.3. The Kier molecular flexibility index (Phi) is 3.57. The fourth-order valence-corrected chi connectivity index (χ4v) is 4.31. The highest BCUT2D eigenvalue weighted by Crippen LogP contribution is 2.46. The highest BCUT2D eigenvalue weighted by atomic mass is 16.7. The molecule has 124 valence electrons. The Hall–Kier alpha value is -2.34. The van der Waals surface area contributed by atoms with Crippen LogP contribution in [0.1, 0.15) is 30.7 Å². The van der Waals surface area contributed by atoms with E-state index in [-0.39, 0.29) is 6.04 Å². The van der Waals surface area contributed by atoms with E-state index in [4.69, 9.17) is 10.4 Å². The van der Waals surface area contributed by atoms with E-state index in [1.807, 2.05) is 31.2 Å². The number of rotatable bonds is 2. The van der Waals surface area contributed by atoms with Crippen LogP contribution in [0.2, 0.25) is 0 Å². The topological polar surface area (TPSA) is 83.2 Å². The Morgan fingerprint density at radius 1 is 1.46 bits per heavy atom. The molecule has 1 amide bonds. The quantitative estimate of drug-likeness (QED) is 0.482. The number of hydrogen-bond donors (Lipinski definition) is 0. The maximum Gasteiger partial charge on any atom is 0.226 e. The molecule has 2 aliphatic heterocycles. The third-order valence-corrected chi connectivity index (χ3v) is 5.32. The zero-order valence-corrected chi connectivity index (χ0v) is 13.7. The van der Waals surface area contributed by atoms with E-state index >= 15 is 0 Å². The van der Waals surface area contributed by atoms with E-state index in [0.717, 1.165) is 30.6 Å². The van der Waals surface area contributed by atoms with Gasteiger partial charge in [-0.1, -0.05) is 25.1 Å². The summed E-state index contributed by atoms with van der Waals surface area (Å²) in [5.74, 6) is -0.900. The standard InChI is InChI=1S/C17H19N5O2/c1-3-12-14(17(23)19-20-18)16-15-11(8-9-22(12)24-16)10-6-4-5-7-13(10)21(15)2/h4-7,12,14,16H,3,8-9H2,1-2H3/t12-,14+,16-/m1/s1. The third-order valence-electron chi connectivity index (χ3n) is 5.32. The molecule has 2 aromatic rings. The summed E-state index contributed by atoms with van der Waals surface area (Å²) in [6.45, 7) is 2.76. The minimum atomic E-state index is -0.465. The maximum absolute atomic E-state index is 12.5. The van der Waals surface area contributed by atoms with E-state index in [9.17, 15) is 4.79 Å². The number of benzene rings is 1. The van der Waals surface area contributed by atoms with Crippen LogP contribution in [0, 0.1) is 5.92 Å². The number of fused-ring (bicyclic) bond motifs is 6. The summed E-state index contributed by atoms with van der Waals surface area (Å²) in [6, 6.07) is 8.19. The number of amides is 1. The first-order chi connectivity index (χ1) is 11.7. The molecule has 24 heavy (non-hydrogen) atoms. The van der Waals surface area contributed by atoms with Crippen LogP contribution in [0.25, 0.3) is 21.3 Å². The molecule has 2 bridgehead atoms. The number of hydroxylamine groups is 2. The second-order valence-electron chi connectivity index (χ2n) is 6.39. The van der Waals surface area contributed by atoms with Crippen LogP contribution in [0.5, 0.6) is 0 Å². The van der Waals surface area contributed by atoms with Crippen molar-refractivity contribution in [2.24, 2.45) is 18.1 Å². The maximum atomic E-state index is 12.5. The Labute approximate surface area is 139 Å². The smallest absolute Gasteiger partial charge is 0.226 e. The molecule has 4 rings (SSSR count). The summed E-state index contributed by atoms with van der Waals surface area (Å²) in [7, 11) is 2.01. The van der Waals surface area contributed by atoms with Crippen molar-refractivity contribution in [2.45, 2.75) is 31.9 Å². The van der Waals surface area contributed by atoms with Gasteiger partial charge in [-0.2, -0.15) is 5.06 Å². The number of carbonyl (C=O) groups is 1. The lowest BCUT2D eigenvalue weighted by Gasteiger charge is -2.24. The molecule has 1 saturated heterocycles. The molecular weight excluding hydrogens is 306 g/mol. The predicted octanol–water partition coefficient (Wildman–Crippen LogP) is 3.25. The van der Waals surface area contributed by atoms with Gasteiger partial charge in [0.25, 0.3) is 0 Å². The number of nitrogens with zero attached hydrogens (tertiary/aromatic N) is 5. The summed E-state index contributed by atoms with van der Waals surface area (Å²) in [5, 5.41) is 6.49. The summed E-state index contributed by atoms with van der Waals surface area (Å²) >= 11 is 0. The summed E-state index contributed by atoms with van der Waals surface area (Å²) in [6.07, 6.45) is 1.25. The molecule has 0 N–H and O–H groups in total. The predicted molar refractivity (Wildman–Crippen MR) is 88.9 cm³/mol. The monoisotopic (exact) mass is 325 g/mol. The van der Waals surface area contributed by atoms with Crippen molar-refractivity contribution in [3.63, 3.8) is 0 Å². The van der Waals surface area contributed by atoms with E-state index < -0.39 is 17.9 Å². The van der Waals surface area contributed by atoms with E-state index in [2.05, 4.69) is 26.7 Å². The summed E-state index contributed by atoms with van der Waals surface area (Å²) < 4.78 is 2.12. The van der Waals surface area contributed by atoms with Crippen molar-refractivity contribution in [1.29, 1.82) is 0 Å². The fraction of sp³-hybridized carbons (Fsp3) is 0.471. The number of azide groups is 1. The van der Waals surface area contributed by atoms with Gasteiger partial charge in [-0.05, 0) is 35.1 Å². The second kappa shape index (κ2) is 5.63. The lowest BCUT2D eigenvalue weighted by Crippen LogP contribution is -2.36. The molecule has 7 heteroatoms. The fourth-order valence-electron chi connectivity index (χ4n) is 4.31. The van der Waals surface area contributed by atoms with Gasteiger partial charge in [-0.25, -0.2) is 0 Å². The number of hydrogen-bond acceptors (Lipinski definition) is 3. The lowest BCUT2D eigenvalue weighted by molar-refractivity contribution is -0.162. The van der Waals surface area contributed by atoms with Crippen LogP contribution in [0.3, 0.4) is 0 Å². The highest BCUT2D eigenvalue weighted by molar-refractivity contribution is 5.87. The van der Waals surface area contributed by atoms with Crippen LogP contribution in [0.15, 0.2) is 29.4 Å². The Bertz CT molecular complexity index is 867. The van der Waals surface area contributed by atoms with Crippen molar-refractivity contribution in [2.75, 3.05) is 6.54 Å². The molecule has 1 unspecified atom stereocenters. The average Bonchev–Trinajstić information content (AvgIpc) is 2.99. The van der Waals surface area contributed by atoms with Crippen molar-refractivity contribution < 1.29 is 9.63 Å². The molecule has 0 radical (unpaired) electrons. The minimum Gasteiger partial charge on any atom is -0.345 e. The average molecular weight is 325 g/mol. The largest absolute Gasteiger partial charge is 0.345 e. The number of carbonyl (C=O) groups excluding carboxylic acids is 1. The molecule has 0 saturated carbocycles. The highest BCUT2D eigenvalue weighted by Gasteiger charge is 2.50. The van der Waals surface area contributed by atoms with Gasteiger partial charge in [0.2, 0.25) is 5.91 Å². The first-order valence-electron chi connectivity index (χ1n) is 8.26. The lowest BCUT2D eigenvalue weighted by atomic mass is 9.87. The molecule has 1 aromatic heterocycles. The zero-order chi connectivity index (χ0) is 16.8. The van der Waals surface area contributed by atoms with Gasteiger partial charge in [0.1, 0.15) is 6.10 Å². The van der Waals surface area contributed by atoms with Crippen molar-refractivity contribution in [3.05, 3.63) is 46.0 Å². The van der Waals surface area contributed by atoms with Gasteiger partial charge in [0.15, 0.2) is 0 Å². The second-order valence-corrected chi connectivity index (χ2v) is 6.39. The Balaban J connectivity index is 1.92. The molecule has 0 aliphatic carbocycles. The van der Waals surface area contributed by atoms with Gasteiger partial charge in [0, 0.05) is 35.4 Å². The minimum absolute atomic E-state index is 0.0563. The first-order valence-corrected chi connectivity index (χ1v) is 8.26. The van der Waals surface area contributed by atoms with Crippen LogP contribution in [-0.2, 0) is 23.1 Å². The van der Waals surface area contributed by atoms with Crippen molar-refractivity contribution in [1.82, 2.24) is 9.63 Å². The van der Waals surface area contributed by atoms with Crippen LogP contribution < -0.4 is 0 Å². The molecule has 1 aromatic carbocycles. The van der Waals surface area contributed by atoms with Gasteiger partial charge in [-0.3, -0.25) is 9.63 Å². The first kappa shape index (κ1) is 15.2. The SMILES string of the molecule is CC[C@@H]1[C@H](C(=O)N=[N+]=[N-])[C@H]2ON1CCc1c2n(C)c2ccccc12. The Morgan fingerprint density at radius 3 is 3.00 bits per heavy atom. The van der Waals surface area contributed by atoms with Crippen LogP contribution in [0.4, 0.5) is 0 Å². The van der Waals surface area contributed by atoms with E-state index in [1.165, 1.54) is 10.9 Å². The van der Waals surface area contributed by atoms with Gasteiger partial charge >= 0.3 is 0 Å². The van der Waals surface area contributed by atoms with Crippen LogP contribution in [-0.4, -0.2) is 28.1 Å². The summed E-state index contributed by atoms with van der Waals surface area (Å²) in [5.41, 5.74) is 12.1. The molecule has 4 atom stereocenters. The molecule has 3 heterocycles. The van der Waals surface area contributed by atoms with E-state index in [1.54, 1.807) is 0 Å². The zero-order valence-electron chi connectivity index (χ0n) is 13.7. The Morgan fingerprint density at radius 2 is 2.25 bits per heavy atom. The van der Waals surface area contributed by atoms with Crippen molar-refractivity contribution in [3.8, 4) is 0 Å². The van der Waals surface area contributed by atoms with E-state index in [0.29, 0.717) is 0 Å². The molecule has 2 aliphatic rings. The van der Waals surface area contributed by atoms with Crippen LogP contribution >= 0.6 is 0 Å². The normalized spacial score (nSPS) is 28.2. The van der Waals surface area contributed by atoms with Gasteiger partial charge < -0.3 is 4.57 Å². The molecule has 1 fully saturated rings. The van der Waals surface area contributed by atoms with Gasteiger partial charge in [0.05, 0.1) is 11.6 Å². The number of para-hydroxylation sites is 1. The third kappa shape index (κ3) is 1.99. The molecular formula is C17H19N5O2. The van der Waals surface area contributed by atoms with Gasteiger partial charge in [-0.15, -0.1) is 0 Å².